The molecule has 0 spiro atoms. The lowest BCUT2D eigenvalue weighted by Gasteiger charge is -2.30. The Hall–Kier alpha value is -0.850. The zero-order valence-corrected chi connectivity index (χ0v) is 13.6. The Kier molecular flexibility index (Phi) is 5.23. The predicted octanol–water partition coefficient (Wildman–Crippen LogP) is 1.61. The third-order valence-corrected chi connectivity index (χ3v) is 5.09. The van der Waals surface area contributed by atoms with Gasteiger partial charge in [0.25, 0.3) is 0 Å². The summed E-state index contributed by atoms with van der Waals surface area (Å²) >= 11 is 1.69. The molecule has 4 nitrogen and oxygen atoms in total. The molecule has 6 heteroatoms. The molecule has 1 aliphatic heterocycles. The number of benzene rings is 1. The molecule has 3 atom stereocenters. The van der Waals surface area contributed by atoms with Crippen LogP contribution in [0.3, 0.4) is 0 Å². The summed E-state index contributed by atoms with van der Waals surface area (Å²) in [5.74, 6) is 0.578. The van der Waals surface area contributed by atoms with Crippen LogP contribution in [-0.4, -0.2) is 45.9 Å². The molecule has 1 aromatic rings. The summed E-state index contributed by atoms with van der Waals surface area (Å²) in [5, 5.41) is 3.24. The van der Waals surface area contributed by atoms with Crippen molar-refractivity contribution in [1.29, 1.82) is 0 Å². The average Bonchev–Trinajstić information content (AvgIpc) is 2.80. The first-order valence-electron chi connectivity index (χ1n) is 6.51. The van der Waals surface area contributed by atoms with E-state index in [4.69, 9.17) is 0 Å². The molecule has 0 bridgehead atoms. The van der Waals surface area contributed by atoms with Gasteiger partial charge in [0.1, 0.15) is 6.17 Å². The molecule has 1 amide bonds. The molecule has 2 rings (SSSR count). The van der Waals surface area contributed by atoms with Crippen LogP contribution in [-0.2, 0) is 15.6 Å². The standard InChI is InChI=1S/C14H20N2O2S2/c1-10(9-20(3)18)16-13(17)8-15-14(16)11-4-6-12(19-2)7-5-11/h4-7,10,14-15H,8-9H2,1-3H3. The number of carbonyl (C=O) groups is 1. The van der Waals surface area contributed by atoms with Crippen LogP contribution in [0.2, 0.25) is 0 Å². The molecular formula is C14H20N2O2S2. The third-order valence-electron chi connectivity index (χ3n) is 3.40. The largest absolute Gasteiger partial charge is 0.318 e. The summed E-state index contributed by atoms with van der Waals surface area (Å²) in [6.45, 7) is 2.30. The molecule has 1 fully saturated rings. The highest BCUT2D eigenvalue weighted by molar-refractivity contribution is 7.98. The quantitative estimate of drug-likeness (QED) is 0.839. The summed E-state index contributed by atoms with van der Waals surface area (Å²) in [7, 11) is -0.908. The van der Waals surface area contributed by atoms with Crippen LogP contribution in [0.15, 0.2) is 29.2 Å². The Morgan fingerprint density at radius 2 is 2.10 bits per heavy atom. The number of thioether (sulfide) groups is 1. The van der Waals surface area contributed by atoms with Gasteiger partial charge < -0.3 is 4.90 Å². The first kappa shape index (κ1) is 15.5. The number of rotatable bonds is 5. The summed E-state index contributed by atoms with van der Waals surface area (Å²) < 4.78 is 11.4. The van der Waals surface area contributed by atoms with E-state index in [0.717, 1.165) is 5.56 Å². The number of carbonyl (C=O) groups excluding carboxylic acids is 1. The summed E-state index contributed by atoms with van der Waals surface area (Å²) in [6, 6.07) is 8.18. The first-order valence-corrected chi connectivity index (χ1v) is 9.46. The van der Waals surface area contributed by atoms with Gasteiger partial charge in [0.2, 0.25) is 5.91 Å². The van der Waals surface area contributed by atoms with Crippen molar-refractivity contribution in [2.75, 3.05) is 24.8 Å². The predicted molar refractivity (Wildman–Crippen MR) is 84.2 cm³/mol. The zero-order chi connectivity index (χ0) is 14.7. The van der Waals surface area contributed by atoms with Crippen molar-refractivity contribution < 1.29 is 9.00 Å². The Balaban J connectivity index is 2.20. The lowest BCUT2D eigenvalue weighted by atomic mass is 10.1. The molecule has 0 aromatic heterocycles. The van der Waals surface area contributed by atoms with Crippen LogP contribution >= 0.6 is 11.8 Å². The van der Waals surface area contributed by atoms with Crippen molar-refractivity contribution in [2.24, 2.45) is 0 Å². The van der Waals surface area contributed by atoms with Crippen molar-refractivity contribution >= 4 is 28.5 Å². The van der Waals surface area contributed by atoms with Crippen LogP contribution < -0.4 is 5.32 Å². The van der Waals surface area contributed by atoms with E-state index in [0.29, 0.717) is 12.3 Å². The van der Waals surface area contributed by atoms with Gasteiger partial charge in [0, 0.05) is 33.7 Å². The Morgan fingerprint density at radius 3 is 2.65 bits per heavy atom. The average molecular weight is 312 g/mol. The lowest BCUT2D eigenvalue weighted by molar-refractivity contribution is -0.129. The van der Waals surface area contributed by atoms with Crippen molar-refractivity contribution in [3.05, 3.63) is 29.8 Å². The molecular weight excluding hydrogens is 292 g/mol. The normalized spacial score (nSPS) is 22.1. The van der Waals surface area contributed by atoms with Crippen LogP contribution in [0, 0.1) is 0 Å². The highest BCUT2D eigenvalue weighted by Gasteiger charge is 2.35. The van der Waals surface area contributed by atoms with E-state index in [1.54, 1.807) is 18.0 Å². The van der Waals surface area contributed by atoms with Gasteiger partial charge in [-0.3, -0.25) is 14.3 Å². The van der Waals surface area contributed by atoms with Crippen molar-refractivity contribution in [2.45, 2.75) is 24.0 Å². The maximum Gasteiger partial charge on any atom is 0.238 e. The van der Waals surface area contributed by atoms with E-state index in [1.807, 2.05) is 30.2 Å². The number of nitrogens with zero attached hydrogens (tertiary/aromatic N) is 1. The molecule has 0 aliphatic carbocycles. The summed E-state index contributed by atoms with van der Waals surface area (Å²) in [5.41, 5.74) is 1.07. The maximum absolute atomic E-state index is 12.1. The van der Waals surface area contributed by atoms with Gasteiger partial charge in [0.15, 0.2) is 0 Å². The van der Waals surface area contributed by atoms with E-state index in [-0.39, 0.29) is 18.1 Å². The minimum atomic E-state index is -0.908. The topological polar surface area (TPSA) is 49.4 Å². The molecule has 1 saturated heterocycles. The molecule has 3 unspecified atom stereocenters. The second-order valence-electron chi connectivity index (χ2n) is 4.95. The SMILES string of the molecule is CSc1ccc(C2NCC(=O)N2C(C)CS(C)=O)cc1. The monoisotopic (exact) mass is 312 g/mol. The Bertz CT molecular complexity index is 504. The molecule has 20 heavy (non-hydrogen) atoms. The van der Waals surface area contributed by atoms with Crippen molar-refractivity contribution in [1.82, 2.24) is 10.2 Å². The number of amides is 1. The van der Waals surface area contributed by atoms with Gasteiger partial charge in [0.05, 0.1) is 6.54 Å². The van der Waals surface area contributed by atoms with Gasteiger partial charge in [-0.15, -0.1) is 11.8 Å². The molecule has 1 heterocycles. The molecule has 1 N–H and O–H groups in total. The van der Waals surface area contributed by atoms with Crippen molar-refractivity contribution in [3.8, 4) is 0 Å². The highest BCUT2D eigenvalue weighted by Crippen LogP contribution is 2.26. The molecule has 0 saturated carbocycles. The highest BCUT2D eigenvalue weighted by atomic mass is 32.2. The maximum atomic E-state index is 12.1. The van der Waals surface area contributed by atoms with E-state index < -0.39 is 10.8 Å². The Labute approximate surface area is 126 Å². The van der Waals surface area contributed by atoms with E-state index in [1.165, 1.54) is 4.90 Å². The van der Waals surface area contributed by atoms with Crippen LogP contribution in [0.25, 0.3) is 0 Å². The van der Waals surface area contributed by atoms with Gasteiger partial charge in [-0.1, -0.05) is 12.1 Å². The first-order chi connectivity index (χ1) is 9.52. The minimum absolute atomic E-state index is 0.0337. The number of nitrogens with one attached hydrogen (secondary N) is 1. The molecule has 1 aliphatic rings. The fourth-order valence-electron chi connectivity index (χ4n) is 2.50. The second kappa shape index (κ2) is 6.74. The summed E-state index contributed by atoms with van der Waals surface area (Å²) in [6.07, 6.45) is 3.60. The van der Waals surface area contributed by atoms with Crippen LogP contribution in [0.4, 0.5) is 0 Å². The minimum Gasteiger partial charge on any atom is -0.318 e. The third kappa shape index (κ3) is 3.42. The smallest absolute Gasteiger partial charge is 0.238 e. The summed E-state index contributed by atoms with van der Waals surface area (Å²) in [4.78, 5) is 15.1. The lowest BCUT2D eigenvalue weighted by Crippen LogP contribution is -2.40. The van der Waals surface area contributed by atoms with E-state index in [9.17, 15) is 9.00 Å². The van der Waals surface area contributed by atoms with Gasteiger partial charge in [-0.25, -0.2) is 0 Å². The fourth-order valence-corrected chi connectivity index (χ4v) is 3.75. The van der Waals surface area contributed by atoms with Crippen LogP contribution in [0.1, 0.15) is 18.7 Å². The van der Waals surface area contributed by atoms with E-state index >= 15 is 0 Å². The molecule has 110 valence electrons. The van der Waals surface area contributed by atoms with Gasteiger partial charge in [-0.05, 0) is 30.9 Å². The van der Waals surface area contributed by atoms with Gasteiger partial charge in [-0.2, -0.15) is 0 Å². The molecule has 0 radical (unpaired) electrons. The van der Waals surface area contributed by atoms with Crippen molar-refractivity contribution in [3.63, 3.8) is 0 Å². The van der Waals surface area contributed by atoms with Gasteiger partial charge >= 0.3 is 0 Å². The number of hydrogen-bond donors (Lipinski definition) is 1. The number of hydrogen-bond acceptors (Lipinski definition) is 4. The van der Waals surface area contributed by atoms with Crippen LogP contribution in [0.5, 0.6) is 0 Å². The molecule has 1 aromatic carbocycles. The van der Waals surface area contributed by atoms with E-state index in [2.05, 4.69) is 17.4 Å². The fraction of sp³-hybridized carbons (Fsp3) is 0.500. The Morgan fingerprint density at radius 1 is 1.45 bits per heavy atom. The zero-order valence-electron chi connectivity index (χ0n) is 12.0. The second-order valence-corrected chi connectivity index (χ2v) is 7.31.